The van der Waals surface area contributed by atoms with Crippen molar-refractivity contribution in [2.45, 2.75) is 32.5 Å². The van der Waals surface area contributed by atoms with Crippen LogP contribution >= 0.6 is 0 Å². The Hall–Kier alpha value is -2.24. The Morgan fingerprint density at radius 2 is 1.87 bits per heavy atom. The summed E-state index contributed by atoms with van der Waals surface area (Å²) in [5, 5.41) is 0. The molecule has 1 aliphatic rings. The van der Waals surface area contributed by atoms with Gasteiger partial charge in [-0.25, -0.2) is 0 Å². The van der Waals surface area contributed by atoms with Gasteiger partial charge in [-0.2, -0.15) is 13.2 Å². The lowest BCUT2D eigenvalue weighted by atomic mass is 10.1. The van der Waals surface area contributed by atoms with Gasteiger partial charge in [-0.3, -0.25) is 4.79 Å². The van der Waals surface area contributed by atoms with E-state index in [2.05, 4.69) is 0 Å². The molecule has 1 heterocycles. The molecule has 0 aliphatic heterocycles. The summed E-state index contributed by atoms with van der Waals surface area (Å²) in [6.45, 7) is 2.57. The number of amides is 1. The molecule has 1 fully saturated rings. The fourth-order valence-electron chi connectivity index (χ4n) is 2.76. The molecule has 1 amide bonds. The van der Waals surface area contributed by atoms with E-state index in [0.29, 0.717) is 17.0 Å². The second-order valence-electron chi connectivity index (χ2n) is 6.02. The van der Waals surface area contributed by atoms with Crippen LogP contribution in [0.15, 0.2) is 30.3 Å². The van der Waals surface area contributed by atoms with Crippen LogP contribution in [0.4, 0.5) is 13.2 Å². The number of halogens is 3. The summed E-state index contributed by atoms with van der Waals surface area (Å²) in [6, 6.07) is 6.66. The quantitative estimate of drug-likeness (QED) is 0.909. The minimum absolute atomic E-state index is 0.417. The standard InChI is InChI=1S/C17H17F3N2O/c1-10-14(16(21)23)8-15(22(10)9-11-2-3-11)12-4-6-13(7-5-12)17(18,19)20/h4-8,11H,2-3,9H2,1H3,(H2,21,23). The van der Waals surface area contributed by atoms with E-state index >= 15 is 0 Å². The maximum atomic E-state index is 12.7. The lowest BCUT2D eigenvalue weighted by Crippen LogP contribution is -2.12. The van der Waals surface area contributed by atoms with Crippen LogP contribution in [0.1, 0.15) is 34.5 Å². The van der Waals surface area contributed by atoms with Crippen molar-refractivity contribution in [1.29, 1.82) is 0 Å². The Morgan fingerprint density at radius 3 is 2.35 bits per heavy atom. The number of nitrogens with two attached hydrogens (primary N) is 1. The Kier molecular flexibility index (Phi) is 3.70. The lowest BCUT2D eigenvalue weighted by molar-refractivity contribution is -0.137. The van der Waals surface area contributed by atoms with Crippen LogP contribution in [0.2, 0.25) is 0 Å². The topological polar surface area (TPSA) is 48.0 Å². The highest BCUT2D eigenvalue weighted by Gasteiger charge is 2.30. The molecule has 2 aromatic rings. The van der Waals surface area contributed by atoms with Crippen molar-refractivity contribution < 1.29 is 18.0 Å². The zero-order valence-electron chi connectivity index (χ0n) is 12.7. The largest absolute Gasteiger partial charge is 0.416 e. The summed E-state index contributed by atoms with van der Waals surface area (Å²) in [6.07, 6.45) is -2.09. The summed E-state index contributed by atoms with van der Waals surface area (Å²) >= 11 is 0. The van der Waals surface area contributed by atoms with Crippen LogP contribution in [0.3, 0.4) is 0 Å². The first-order chi connectivity index (χ1) is 10.8. The first-order valence-corrected chi connectivity index (χ1v) is 7.45. The highest BCUT2D eigenvalue weighted by molar-refractivity contribution is 5.95. The van der Waals surface area contributed by atoms with E-state index in [1.165, 1.54) is 12.1 Å². The molecule has 3 rings (SSSR count). The van der Waals surface area contributed by atoms with Crippen LogP contribution < -0.4 is 5.73 Å². The zero-order valence-corrected chi connectivity index (χ0v) is 12.7. The van der Waals surface area contributed by atoms with E-state index in [0.717, 1.165) is 42.9 Å². The van der Waals surface area contributed by atoms with Gasteiger partial charge in [0.1, 0.15) is 0 Å². The van der Waals surface area contributed by atoms with Crippen molar-refractivity contribution >= 4 is 5.91 Å². The van der Waals surface area contributed by atoms with Crippen molar-refractivity contribution in [1.82, 2.24) is 4.57 Å². The highest BCUT2D eigenvalue weighted by atomic mass is 19.4. The number of carbonyl (C=O) groups is 1. The number of hydrogen-bond acceptors (Lipinski definition) is 1. The van der Waals surface area contributed by atoms with Crippen LogP contribution in [0, 0.1) is 12.8 Å². The summed E-state index contributed by atoms with van der Waals surface area (Å²) < 4.78 is 40.1. The number of alkyl halides is 3. The van der Waals surface area contributed by atoms with E-state index in [9.17, 15) is 18.0 Å². The third-order valence-electron chi connectivity index (χ3n) is 4.28. The molecule has 6 heteroatoms. The van der Waals surface area contributed by atoms with Crippen LogP contribution in [-0.2, 0) is 12.7 Å². The maximum Gasteiger partial charge on any atom is 0.416 e. The Labute approximate surface area is 131 Å². The number of aromatic nitrogens is 1. The SMILES string of the molecule is Cc1c(C(N)=O)cc(-c2ccc(C(F)(F)F)cc2)n1CC1CC1. The second-order valence-corrected chi connectivity index (χ2v) is 6.02. The van der Waals surface area contributed by atoms with Crippen LogP contribution in [0.25, 0.3) is 11.3 Å². The molecular weight excluding hydrogens is 305 g/mol. The number of rotatable bonds is 4. The van der Waals surface area contributed by atoms with Gasteiger partial charge in [0.15, 0.2) is 0 Å². The van der Waals surface area contributed by atoms with Gasteiger partial charge < -0.3 is 10.3 Å². The van der Waals surface area contributed by atoms with Crippen molar-refractivity contribution in [2.24, 2.45) is 11.7 Å². The Bertz CT molecular complexity index is 740. The van der Waals surface area contributed by atoms with Crippen molar-refractivity contribution in [3.63, 3.8) is 0 Å². The summed E-state index contributed by atoms with van der Waals surface area (Å²) in [5.74, 6) is 0.0419. The van der Waals surface area contributed by atoms with Gasteiger partial charge in [0.05, 0.1) is 11.1 Å². The predicted octanol–water partition coefficient (Wildman–Crippen LogP) is 3.99. The van der Waals surface area contributed by atoms with Gasteiger partial charge in [0.25, 0.3) is 5.91 Å². The lowest BCUT2D eigenvalue weighted by Gasteiger charge is -2.12. The molecule has 3 nitrogen and oxygen atoms in total. The smallest absolute Gasteiger partial charge is 0.366 e. The van der Waals surface area contributed by atoms with Gasteiger partial charge in [-0.1, -0.05) is 12.1 Å². The van der Waals surface area contributed by atoms with E-state index in [1.807, 2.05) is 11.5 Å². The molecule has 0 unspecified atom stereocenters. The molecule has 1 aromatic carbocycles. The molecule has 1 saturated carbocycles. The molecule has 1 aliphatic carbocycles. The van der Waals surface area contributed by atoms with Crippen molar-refractivity contribution in [3.8, 4) is 11.3 Å². The van der Waals surface area contributed by atoms with Gasteiger partial charge in [-0.05, 0) is 49.4 Å². The third-order valence-corrected chi connectivity index (χ3v) is 4.28. The Morgan fingerprint density at radius 1 is 1.26 bits per heavy atom. The molecule has 0 saturated heterocycles. The van der Waals surface area contributed by atoms with Gasteiger partial charge in [-0.15, -0.1) is 0 Å². The molecule has 122 valence electrons. The number of carbonyl (C=O) groups excluding carboxylic acids is 1. The van der Waals surface area contributed by atoms with Crippen LogP contribution in [-0.4, -0.2) is 10.5 Å². The summed E-state index contributed by atoms with van der Waals surface area (Å²) in [5.41, 5.74) is 7.28. The molecule has 1 aromatic heterocycles. The first-order valence-electron chi connectivity index (χ1n) is 7.45. The molecule has 0 atom stereocenters. The Balaban J connectivity index is 2.03. The molecule has 0 radical (unpaired) electrons. The van der Waals surface area contributed by atoms with E-state index in [4.69, 9.17) is 5.73 Å². The molecular formula is C17H17F3N2O. The summed E-state index contributed by atoms with van der Waals surface area (Å²) in [7, 11) is 0. The van der Waals surface area contributed by atoms with E-state index in [1.54, 1.807) is 6.07 Å². The zero-order chi connectivity index (χ0) is 16.8. The molecule has 2 N–H and O–H groups in total. The van der Waals surface area contributed by atoms with Crippen molar-refractivity contribution in [3.05, 3.63) is 47.2 Å². The third kappa shape index (κ3) is 3.11. The van der Waals surface area contributed by atoms with Crippen molar-refractivity contribution in [2.75, 3.05) is 0 Å². The summed E-state index contributed by atoms with van der Waals surface area (Å²) in [4.78, 5) is 11.6. The monoisotopic (exact) mass is 322 g/mol. The van der Waals surface area contributed by atoms with Gasteiger partial charge in [0, 0.05) is 17.9 Å². The average molecular weight is 322 g/mol. The maximum absolute atomic E-state index is 12.7. The number of nitrogens with zero attached hydrogens (tertiary/aromatic N) is 1. The minimum atomic E-state index is -4.36. The van der Waals surface area contributed by atoms with Gasteiger partial charge in [0.2, 0.25) is 0 Å². The second kappa shape index (κ2) is 5.44. The van der Waals surface area contributed by atoms with E-state index in [-0.39, 0.29) is 0 Å². The molecule has 23 heavy (non-hydrogen) atoms. The fraction of sp³-hybridized carbons (Fsp3) is 0.353. The molecule has 0 spiro atoms. The number of benzene rings is 1. The van der Waals surface area contributed by atoms with E-state index < -0.39 is 17.6 Å². The number of hydrogen-bond donors (Lipinski definition) is 1. The average Bonchev–Trinajstić information content (AvgIpc) is 3.23. The fourth-order valence-corrected chi connectivity index (χ4v) is 2.76. The molecule has 0 bridgehead atoms. The minimum Gasteiger partial charge on any atom is -0.366 e. The first kappa shape index (κ1) is 15.6. The predicted molar refractivity (Wildman–Crippen MR) is 80.8 cm³/mol. The van der Waals surface area contributed by atoms with Crippen LogP contribution in [0.5, 0.6) is 0 Å². The number of primary amides is 1. The highest BCUT2D eigenvalue weighted by Crippen LogP contribution is 2.36. The normalized spacial score (nSPS) is 15.0. The van der Waals surface area contributed by atoms with Gasteiger partial charge >= 0.3 is 6.18 Å².